The third kappa shape index (κ3) is 5.29. The number of thiophene rings is 2. The lowest BCUT2D eigenvalue weighted by molar-refractivity contribution is 1.08. The molecule has 0 bridgehead atoms. The van der Waals surface area contributed by atoms with Gasteiger partial charge in [-0.15, -0.1) is 22.7 Å². The maximum atomic E-state index is 5.56. The second-order valence-corrected chi connectivity index (χ2v) is 18.5. The maximum absolute atomic E-state index is 5.56. The van der Waals surface area contributed by atoms with E-state index in [0.29, 0.717) is 17.5 Å². The zero-order chi connectivity index (χ0) is 41.2. The van der Waals surface area contributed by atoms with Crippen LogP contribution in [0.15, 0.2) is 194 Å². The molecule has 14 rings (SSSR count). The third-order valence-electron chi connectivity index (χ3n) is 12.8. The Balaban J connectivity index is 1.12. The summed E-state index contributed by atoms with van der Waals surface area (Å²) in [5, 5.41) is 14.4. The van der Waals surface area contributed by atoms with Gasteiger partial charge in [-0.25, -0.2) is 15.0 Å². The standard InChI is InChI=1S/C57H32N4S2/c1-2-14-35-28-38(25-24-33(35)12-1)55-58-56(44-20-11-23-50-52(44)42-19-8-10-22-49(42)62-50)60-57(59-55)46-31-39(32-51-53(46)43-27-26-34-13-5-6-17-40(34)54(43)63-51)61-47-21-9-7-18-41(47)45-29-36-15-3-4-16-37(36)30-48(45)61/h1-32H. The monoisotopic (exact) mass is 836 g/mol. The summed E-state index contributed by atoms with van der Waals surface area (Å²) < 4.78 is 7.33. The van der Waals surface area contributed by atoms with Gasteiger partial charge in [0.25, 0.3) is 0 Å². The van der Waals surface area contributed by atoms with E-state index in [1.165, 1.54) is 72.7 Å². The zero-order valence-corrected chi connectivity index (χ0v) is 35.2. The first-order valence-corrected chi connectivity index (χ1v) is 22.8. The van der Waals surface area contributed by atoms with Gasteiger partial charge >= 0.3 is 0 Å². The van der Waals surface area contributed by atoms with Crippen molar-refractivity contribution in [1.82, 2.24) is 19.5 Å². The van der Waals surface area contributed by atoms with Gasteiger partial charge in [0.15, 0.2) is 17.5 Å². The maximum Gasteiger partial charge on any atom is 0.164 e. The molecule has 0 aliphatic rings. The first-order chi connectivity index (χ1) is 31.2. The van der Waals surface area contributed by atoms with E-state index in [0.717, 1.165) is 44.2 Å². The Morgan fingerprint density at radius 2 is 0.968 bits per heavy atom. The fourth-order valence-corrected chi connectivity index (χ4v) is 12.3. The van der Waals surface area contributed by atoms with E-state index < -0.39 is 0 Å². The van der Waals surface area contributed by atoms with Crippen molar-refractivity contribution in [3.05, 3.63) is 194 Å². The molecular formula is C57H32N4S2. The van der Waals surface area contributed by atoms with Gasteiger partial charge in [0.1, 0.15) is 0 Å². The molecule has 0 unspecified atom stereocenters. The van der Waals surface area contributed by atoms with Gasteiger partial charge in [0.05, 0.1) is 11.0 Å². The number of rotatable bonds is 4. The van der Waals surface area contributed by atoms with Gasteiger partial charge in [-0.2, -0.15) is 0 Å². The van der Waals surface area contributed by atoms with Crippen LogP contribution >= 0.6 is 22.7 Å². The lowest BCUT2D eigenvalue weighted by Crippen LogP contribution is -2.02. The van der Waals surface area contributed by atoms with Crippen LogP contribution in [-0.2, 0) is 0 Å². The van der Waals surface area contributed by atoms with Crippen LogP contribution in [-0.4, -0.2) is 19.5 Å². The summed E-state index contributed by atoms with van der Waals surface area (Å²) in [6.45, 7) is 0. The van der Waals surface area contributed by atoms with Gasteiger partial charge in [0, 0.05) is 73.5 Å². The molecule has 10 aromatic carbocycles. The highest BCUT2D eigenvalue weighted by molar-refractivity contribution is 7.27. The van der Waals surface area contributed by atoms with Crippen molar-refractivity contribution in [2.45, 2.75) is 0 Å². The second-order valence-electron chi connectivity index (χ2n) is 16.3. The number of aromatic nitrogens is 4. The number of fused-ring (bicyclic) bond motifs is 13. The van der Waals surface area contributed by atoms with E-state index in [1.54, 1.807) is 0 Å². The number of nitrogens with zero attached hydrogens (tertiary/aromatic N) is 4. The minimum absolute atomic E-state index is 0.643. The Kier molecular flexibility index (Phi) is 7.40. The fourth-order valence-electron chi connectivity index (χ4n) is 9.89. The number of hydrogen-bond acceptors (Lipinski definition) is 5. The van der Waals surface area contributed by atoms with Crippen LogP contribution in [0.25, 0.3) is 134 Å². The molecule has 0 radical (unpaired) electrons. The molecule has 0 aliphatic carbocycles. The van der Waals surface area contributed by atoms with Gasteiger partial charge in [-0.05, 0) is 80.8 Å². The molecule has 14 aromatic rings. The number of hydrogen-bond donors (Lipinski definition) is 0. The van der Waals surface area contributed by atoms with Gasteiger partial charge in [-0.3, -0.25) is 0 Å². The van der Waals surface area contributed by atoms with E-state index in [4.69, 9.17) is 15.0 Å². The van der Waals surface area contributed by atoms with E-state index in [2.05, 4.69) is 199 Å². The molecule has 0 spiro atoms. The van der Waals surface area contributed by atoms with Crippen LogP contribution in [0.4, 0.5) is 0 Å². The molecule has 63 heavy (non-hydrogen) atoms. The minimum atomic E-state index is 0.643. The molecular weight excluding hydrogens is 805 g/mol. The molecule has 0 saturated carbocycles. The lowest BCUT2D eigenvalue weighted by Gasteiger charge is -2.14. The van der Waals surface area contributed by atoms with Crippen molar-refractivity contribution in [3.63, 3.8) is 0 Å². The van der Waals surface area contributed by atoms with Crippen LogP contribution in [0.1, 0.15) is 0 Å². The molecule has 0 amide bonds. The Morgan fingerprint density at radius 3 is 1.83 bits per heavy atom. The largest absolute Gasteiger partial charge is 0.309 e. The second kappa shape index (κ2) is 13.4. The molecule has 0 N–H and O–H groups in total. The normalized spacial score (nSPS) is 12.1. The Morgan fingerprint density at radius 1 is 0.333 bits per heavy atom. The van der Waals surface area contributed by atoms with Crippen molar-refractivity contribution in [3.8, 4) is 39.9 Å². The molecule has 0 saturated heterocycles. The number of benzene rings is 10. The summed E-state index contributed by atoms with van der Waals surface area (Å²) in [7, 11) is 0. The summed E-state index contributed by atoms with van der Waals surface area (Å²) in [6.07, 6.45) is 0. The average molecular weight is 837 g/mol. The van der Waals surface area contributed by atoms with Crippen molar-refractivity contribution in [2.24, 2.45) is 0 Å². The Labute approximate surface area is 368 Å². The first kappa shape index (κ1) is 34.9. The summed E-state index contributed by atoms with van der Waals surface area (Å²) in [6, 6.07) is 70.3. The summed E-state index contributed by atoms with van der Waals surface area (Å²) >= 11 is 3.66. The molecule has 0 atom stereocenters. The predicted molar refractivity (Wildman–Crippen MR) is 269 cm³/mol. The van der Waals surface area contributed by atoms with Crippen molar-refractivity contribution < 1.29 is 0 Å². The minimum Gasteiger partial charge on any atom is -0.309 e. The van der Waals surface area contributed by atoms with Gasteiger partial charge in [0.2, 0.25) is 0 Å². The van der Waals surface area contributed by atoms with E-state index in [9.17, 15) is 0 Å². The van der Waals surface area contributed by atoms with Gasteiger partial charge < -0.3 is 4.57 Å². The van der Waals surface area contributed by atoms with Crippen LogP contribution in [0, 0.1) is 0 Å². The molecule has 0 fully saturated rings. The average Bonchev–Trinajstić information content (AvgIpc) is 4.02. The quantitative estimate of drug-likeness (QED) is 0.177. The molecule has 292 valence electrons. The molecule has 4 aromatic heterocycles. The van der Waals surface area contributed by atoms with Crippen molar-refractivity contribution >= 4 is 117 Å². The van der Waals surface area contributed by atoms with Crippen LogP contribution < -0.4 is 0 Å². The SMILES string of the molecule is c1ccc2cc(-c3nc(-c4cccc5sc6ccccc6c45)nc(-c4cc(-n5c6ccccc6c6cc7ccccc7cc65)cc5sc6c7ccccc7ccc6c45)n3)ccc2c1. The smallest absolute Gasteiger partial charge is 0.164 e. The van der Waals surface area contributed by atoms with E-state index >= 15 is 0 Å². The number of para-hydroxylation sites is 1. The topological polar surface area (TPSA) is 43.6 Å². The van der Waals surface area contributed by atoms with Crippen LogP contribution in [0.5, 0.6) is 0 Å². The zero-order valence-electron chi connectivity index (χ0n) is 33.6. The van der Waals surface area contributed by atoms with Crippen LogP contribution in [0.3, 0.4) is 0 Å². The van der Waals surface area contributed by atoms with Gasteiger partial charge in [-0.1, -0.05) is 146 Å². The van der Waals surface area contributed by atoms with Crippen LogP contribution in [0.2, 0.25) is 0 Å². The van der Waals surface area contributed by atoms with E-state index in [1.807, 2.05) is 22.7 Å². The molecule has 4 heterocycles. The predicted octanol–water partition coefficient (Wildman–Crippen LogP) is 16.2. The molecule has 0 aliphatic heterocycles. The summed E-state index contributed by atoms with van der Waals surface area (Å²) in [4.78, 5) is 16.4. The van der Waals surface area contributed by atoms with Crippen molar-refractivity contribution in [1.29, 1.82) is 0 Å². The summed E-state index contributed by atoms with van der Waals surface area (Å²) in [5.41, 5.74) is 6.31. The van der Waals surface area contributed by atoms with E-state index in [-0.39, 0.29) is 0 Å². The Bertz CT molecular complexity index is 4230. The highest BCUT2D eigenvalue weighted by Crippen LogP contribution is 2.46. The lowest BCUT2D eigenvalue weighted by atomic mass is 10.0. The highest BCUT2D eigenvalue weighted by atomic mass is 32.1. The Hall–Kier alpha value is -7.77. The third-order valence-corrected chi connectivity index (χ3v) is 15.1. The highest BCUT2D eigenvalue weighted by Gasteiger charge is 2.23. The van der Waals surface area contributed by atoms with Crippen molar-refractivity contribution in [2.75, 3.05) is 0 Å². The first-order valence-electron chi connectivity index (χ1n) is 21.2. The molecule has 6 heteroatoms. The summed E-state index contributed by atoms with van der Waals surface area (Å²) in [5.74, 6) is 1.94. The fraction of sp³-hybridized carbons (Fsp3) is 0. The molecule has 4 nitrogen and oxygen atoms in total.